The fourth-order valence-electron chi connectivity index (χ4n) is 3.55. The molecule has 172 valence electrons. The van der Waals surface area contributed by atoms with E-state index in [0.29, 0.717) is 17.1 Å². The van der Waals surface area contributed by atoms with Gasteiger partial charge in [0.05, 0.1) is 31.5 Å². The van der Waals surface area contributed by atoms with Crippen molar-refractivity contribution in [2.75, 3.05) is 19.0 Å². The minimum atomic E-state index is -0.497. The number of aromatic nitrogens is 2. The number of ether oxygens (including phenoxy) is 2. The Morgan fingerprint density at radius 1 is 0.941 bits per heavy atom. The molecule has 0 atom stereocenters. The van der Waals surface area contributed by atoms with Gasteiger partial charge in [0.15, 0.2) is 5.69 Å². The van der Waals surface area contributed by atoms with Crippen molar-refractivity contribution in [3.05, 3.63) is 96.2 Å². The Labute approximate surface area is 197 Å². The maximum atomic E-state index is 12.5. The van der Waals surface area contributed by atoms with Crippen molar-refractivity contribution in [2.24, 2.45) is 0 Å². The zero-order valence-corrected chi connectivity index (χ0v) is 19.0. The summed E-state index contributed by atoms with van der Waals surface area (Å²) in [5.41, 5.74) is 4.02. The van der Waals surface area contributed by atoms with Gasteiger partial charge in [-0.2, -0.15) is 5.10 Å². The van der Waals surface area contributed by atoms with E-state index >= 15 is 0 Å². The molecule has 4 rings (SSSR count). The van der Waals surface area contributed by atoms with Crippen LogP contribution in [-0.4, -0.2) is 35.4 Å². The van der Waals surface area contributed by atoms with Crippen LogP contribution in [0.4, 0.5) is 5.69 Å². The number of amides is 1. The predicted molar refractivity (Wildman–Crippen MR) is 130 cm³/mol. The lowest BCUT2D eigenvalue weighted by Gasteiger charge is -2.11. The minimum Gasteiger partial charge on any atom is -0.497 e. The predicted octanol–water partition coefficient (Wildman–Crippen LogP) is 4.91. The van der Waals surface area contributed by atoms with E-state index in [4.69, 9.17) is 9.47 Å². The number of hydrogen-bond donors (Lipinski definition) is 1. The van der Waals surface area contributed by atoms with Crippen molar-refractivity contribution in [2.45, 2.75) is 13.3 Å². The van der Waals surface area contributed by atoms with E-state index < -0.39 is 5.97 Å². The highest BCUT2D eigenvalue weighted by atomic mass is 16.5. The van der Waals surface area contributed by atoms with Crippen LogP contribution in [-0.2, 0) is 16.0 Å². The van der Waals surface area contributed by atoms with Crippen LogP contribution in [0.15, 0.2) is 84.9 Å². The summed E-state index contributed by atoms with van der Waals surface area (Å²) in [5, 5.41) is 7.44. The summed E-state index contributed by atoms with van der Waals surface area (Å²) in [7, 11) is 1.60. The van der Waals surface area contributed by atoms with Gasteiger partial charge in [-0.05, 0) is 55.0 Å². The van der Waals surface area contributed by atoms with Crippen LogP contribution < -0.4 is 10.1 Å². The van der Waals surface area contributed by atoms with Crippen molar-refractivity contribution >= 4 is 17.6 Å². The van der Waals surface area contributed by atoms with Crippen molar-refractivity contribution in [3.63, 3.8) is 0 Å². The molecule has 0 spiro atoms. The molecule has 0 saturated heterocycles. The van der Waals surface area contributed by atoms with E-state index in [1.54, 1.807) is 24.8 Å². The first-order valence-electron chi connectivity index (χ1n) is 10.9. The summed E-state index contributed by atoms with van der Waals surface area (Å²) in [6, 6.07) is 26.1. The topological polar surface area (TPSA) is 82.5 Å². The lowest BCUT2D eigenvalue weighted by molar-refractivity contribution is -0.115. The fraction of sp³-hybridized carbons (Fsp3) is 0.148. The quantitative estimate of drug-likeness (QED) is 0.382. The largest absolute Gasteiger partial charge is 0.497 e. The smallest absolute Gasteiger partial charge is 0.358 e. The first-order chi connectivity index (χ1) is 16.6. The second kappa shape index (κ2) is 10.5. The second-order valence-corrected chi connectivity index (χ2v) is 7.54. The van der Waals surface area contributed by atoms with E-state index in [0.717, 1.165) is 16.8 Å². The summed E-state index contributed by atoms with van der Waals surface area (Å²) in [4.78, 5) is 24.9. The Bertz CT molecular complexity index is 1280. The zero-order chi connectivity index (χ0) is 23.9. The average molecular weight is 456 g/mol. The standard InChI is InChI=1S/C27H25N3O4/c1-3-34-27(32)24-18-25(30(29-24)22-12-14-23(33-2)15-13-22)20-10-7-11-21(17-20)28-26(31)16-19-8-5-4-6-9-19/h4-15,17-18H,3,16H2,1-2H3,(H,28,31). The third-order valence-electron chi connectivity index (χ3n) is 5.16. The third kappa shape index (κ3) is 5.32. The summed E-state index contributed by atoms with van der Waals surface area (Å²) in [6.45, 7) is 2.01. The highest BCUT2D eigenvalue weighted by Gasteiger charge is 2.18. The molecule has 1 heterocycles. The Morgan fingerprint density at radius 3 is 2.41 bits per heavy atom. The number of rotatable bonds is 8. The van der Waals surface area contributed by atoms with Crippen LogP contribution in [0, 0.1) is 0 Å². The molecule has 1 aromatic heterocycles. The van der Waals surface area contributed by atoms with Gasteiger partial charge in [0, 0.05) is 11.3 Å². The number of carbonyl (C=O) groups excluding carboxylic acids is 2. The lowest BCUT2D eigenvalue weighted by Crippen LogP contribution is -2.14. The first kappa shape index (κ1) is 22.8. The zero-order valence-electron chi connectivity index (χ0n) is 19.0. The van der Waals surface area contributed by atoms with E-state index in [1.165, 1.54) is 0 Å². The van der Waals surface area contributed by atoms with Crippen LogP contribution in [0.1, 0.15) is 23.0 Å². The van der Waals surface area contributed by atoms with E-state index in [1.807, 2.05) is 78.9 Å². The molecule has 0 saturated carbocycles. The van der Waals surface area contributed by atoms with Crippen LogP contribution in [0.2, 0.25) is 0 Å². The molecule has 0 fully saturated rings. The van der Waals surface area contributed by atoms with E-state index in [-0.39, 0.29) is 24.6 Å². The van der Waals surface area contributed by atoms with Gasteiger partial charge < -0.3 is 14.8 Å². The molecule has 0 bridgehead atoms. The van der Waals surface area contributed by atoms with E-state index in [2.05, 4.69) is 10.4 Å². The van der Waals surface area contributed by atoms with Crippen molar-refractivity contribution in [1.82, 2.24) is 9.78 Å². The van der Waals surface area contributed by atoms with Gasteiger partial charge in [-0.3, -0.25) is 4.79 Å². The number of anilines is 1. The summed E-state index contributed by atoms with van der Waals surface area (Å²) in [6.07, 6.45) is 0.280. The number of benzene rings is 3. The van der Waals surface area contributed by atoms with Crippen LogP contribution in [0.5, 0.6) is 5.75 Å². The maximum Gasteiger partial charge on any atom is 0.358 e. The Morgan fingerprint density at radius 2 is 1.71 bits per heavy atom. The van der Waals surface area contributed by atoms with Crippen LogP contribution in [0.25, 0.3) is 16.9 Å². The fourth-order valence-corrected chi connectivity index (χ4v) is 3.55. The van der Waals surface area contributed by atoms with Crippen molar-refractivity contribution < 1.29 is 19.1 Å². The highest BCUT2D eigenvalue weighted by molar-refractivity contribution is 5.93. The van der Waals surface area contributed by atoms with Gasteiger partial charge in [0.25, 0.3) is 0 Å². The molecule has 1 N–H and O–H groups in total. The molecule has 34 heavy (non-hydrogen) atoms. The molecule has 0 radical (unpaired) electrons. The molecule has 3 aromatic carbocycles. The molecule has 7 heteroatoms. The maximum absolute atomic E-state index is 12.5. The number of methoxy groups -OCH3 is 1. The normalized spacial score (nSPS) is 10.5. The molecule has 4 aromatic rings. The van der Waals surface area contributed by atoms with Crippen LogP contribution in [0.3, 0.4) is 0 Å². The highest BCUT2D eigenvalue weighted by Crippen LogP contribution is 2.27. The number of esters is 1. The van der Waals surface area contributed by atoms with E-state index in [9.17, 15) is 9.59 Å². The Kier molecular flexibility index (Phi) is 7.03. The van der Waals surface area contributed by atoms with Gasteiger partial charge >= 0.3 is 5.97 Å². The second-order valence-electron chi connectivity index (χ2n) is 7.54. The van der Waals surface area contributed by atoms with Gasteiger partial charge in [0.2, 0.25) is 5.91 Å². The number of nitrogens with zero attached hydrogens (tertiary/aromatic N) is 2. The molecule has 1 amide bonds. The Balaban J connectivity index is 1.65. The number of hydrogen-bond acceptors (Lipinski definition) is 5. The van der Waals surface area contributed by atoms with Gasteiger partial charge in [-0.25, -0.2) is 9.48 Å². The third-order valence-corrected chi connectivity index (χ3v) is 5.16. The van der Waals surface area contributed by atoms with Crippen LogP contribution >= 0.6 is 0 Å². The van der Waals surface area contributed by atoms with Gasteiger partial charge in [-0.15, -0.1) is 0 Å². The SMILES string of the molecule is CCOC(=O)c1cc(-c2cccc(NC(=O)Cc3ccccc3)c2)n(-c2ccc(OC)cc2)n1. The number of carbonyl (C=O) groups is 2. The molecule has 7 nitrogen and oxygen atoms in total. The summed E-state index contributed by atoms with van der Waals surface area (Å²) >= 11 is 0. The monoisotopic (exact) mass is 455 g/mol. The van der Waals surface area contributed by atoms with Crippen molar-refractivity contribution in [3.8, 4) is 22.7 Å². The molecule has 0 aliphatic heterocycles. The Hall–Kier alpha value is -4.39. The molecular weight excluding hydrogens is 430 g/mol. The summed E-state index contributed by atoms with van der Waals surface area (Å²) < 4.78 is 12.1. The molecule has 0 aliphatic carbocycles. The average Bonchev–Trinajstić information content (AvgIpc) is 3.31. The van der Waals surface area contributed by atoms with Gasteiger partial charge in [0.1, 0.15) is 5.75 Å². The van der Waals surface area contributed by atoms with Gasteiger partial charge in [-0.1, -0.05) is 42.5 Å². The molecule has 0 aliphatic rings. The first-order valence-corrected chi connectivity index (χ1v) is 10.9. The minimum absolute atomic E-state index is 0.112. The summed E-state index contributed by atoms with van der Waals surface area (Å²) in [5.74, 6) is 0.105. The molecular formula is C27H25N3O4. The number of nitrogens with one attached hydrogen (secondary N) is 1. The molecule has 0 unspecified atom stereocenters. The lowest BCUT2D eigenvalue weighted by atomic mass is 10.1. The van der Waals surface area contributed by atoms with Crippen molar-refractivity contribution in [1.29, 1.82) is 0 Å².